The number of nitrogens with one attached hydrogen (secondary N) is 2. The summed E-state index contributed by atoms with van der Waals surface area (Å²) in [5, 5.41) is 5.84. The molecule has 0 saturated carbocycles. The van der Waals surface area contributed by atoms with Gasteiger partial charge in [-0.3, -0.25) is 9.59 Å². The van der Waals surface area contributed by atoms with Gasteiger partial charge in [-0.15, -0.1) is 0 Å². The molecular formula is C20H25N3O3. The molecule has 2 aromatic rings. The molecule has 0 atom stereocenters. The zero-order valence-electron chi connectivity index (χ0n) is 15.6. The molecule has 2 aromatic carbocycles. The number of benzene rings is 2. The van der Waals surface area contributed by atoms with Gasteiger partial charge in [0.15, 0.2) is 0 Å². The van der Waals surface area contributed by atoms with Crippen molar-refractivity contribution >= 4 is 28.9 Å². The van der Waals surface area contributed by atoms with Gasteiger partial charge < -0.3 is 20.3 Å². The molecule has 2 N–H and O–H groups in total. The largest absolute Gasteiger partial charge is 0.495 e. The Bertz CT molecular complexity index is 760. The van der Waals surface area contributed by atoms with Gasteiger partial charge in [-0.2, -0.15) is 0 Å². The van der Waals surface area contributed by atoms with Crippen LogP contribution in [0.4, 0.5) is 17.1 Å². The van der Waals surface area contributed by atoms with Crippen LogP contribution in [0, 0.1) is 0 Å². The van der Waals surface area contributed by atoms with Gasteiger partial charge in [0.2, 0.25) is 11.8 Å². The fraction of sp³-hybridized carbons (Fsp3) is 0.300. The van der Waals surface area contributed by atoms with E-state index in [0.717, 1.165) is 5.69 Å². The van der Waals surface area contributed by atoms with Gasteiger partial charge in [-0.25, -0.2) is 0 Å². The van der Waals surface area contributed by atoms with Crippen LogP contribution in [0.15, 0.2) is 48.5 Å². The Hall–Kier alpha value is -3.02. The van der Waals surface area contributed by atoms with Crippen LogP contribution in [0.25, 0.3) is 0 Å². The zero-order valence-corrected chi connectivity index (χ0v) is 15.6. The summed E-state index contributed by atoms with van der Waals surface area (Å²) in [5.41, 5.74) is 2.13. The van der Waals surface area contributed by atoms with Crippen LogP contribution in [-0.2, 0) is 9.59 Å². The summed E-state index contributed by atoms with van der Waals surface area (Å²) in [5.74, 6) is 0.383. The van der Waals surface area contributed by atoms with Crippen molar-refractivity contribution < 1.29 is 14.3 Å². The summed E-state index contributed by atoms with van der Waals surface area (Å²) in [6.45, 7) is 5.50. The molecule has 0 unspecified atom stereocenters. The molecular weight excluding hydrogens is 330 g/mol. The van der Waals surface area contributed by atoms with E-state index in [1.165, 1.54) is 6.92 Å². The SMILES string of the molecule is COc1ccc(NC(C)=O)cc1NCC(=O)N(c1ccccc1)C(C)C. The Labute approximate surface area is 154 Å². The van der Waals surface area contributed by atoms with Gasteiger partial charge in [-0.05, 0) is 44.2 Å². The van der Waals surface area contributed by atoms with Crippen molar-refractivity contribution in [2.45, 2.75) is 26.8 Å². The number of amides is 2. The number of nitrogens with zero attached hydrogens (tertiary/aromatic N) is 1. The van der Waals surface area contributed by atoms with E-state index in [2.05, 4.69) is 10.6 Å². The molecule has 0 saturated heterocycles. The number of para-hydroxylation sites is 1. The van der Waals surface area contributed by atoms with Crippen molar-refractivity contribution in [2.24, 2.45) is 0 Å². The monoisotopic (exact) mass is 355 g/mol. The van der Waals surface area contributed by atoms with Gasteiger partial charge in [0.05, 0.1) is 19.3 Å². The summed E-state index contributed by atoms with van der Waals surface area (Å²) in [7, 11) is 1.56. The van der Waals surface area contributed by atoms with Crippen molar-refractivity contribution in [1.29, 1.82) is 0 Å². The van der Waals surface area contributed by atoms with E-state index in [9.17, 15) is 9.59 Å². The molecule has 0 aliphatic heterocycles. The van der Waals surface area contributed by atoms with Crippen LogP contribution in [0.3, 0.4) is 0 Å². The van der Waals surface area contributed by atoms with Crippen LogP contribution in [-0.4, -0.2) is 31.5 Å². The molecule has 0 spiro atoms. The summed E-state index contributed by atoms with van der Waals surface area (Å²) in [6.07, 6.45) is 0. The zero-order chi connectivity index (χ0) is 19.1. The molecule has 0 radical (unpaired) electrons. The molecule has 0 fully saturated rings. The standard InChI is InChI=1S/C20H25N3O3/c1-14(2)23(17-8-6-5-7-9-17)20(25)13-21-18-12-16(22-15(3)24)10-11-19(18)26-4/h5-12,14,21H,13H2,1-4H3,(H,22,24). The number of rotatable bonds is 7. The lowest BCUT2D eigenvalue weighted by atomic mass is 10.2. The van der Waals surface area contributed by atoms with E-state index in [0.29, 0.717) is 17.1 Å². The first-order chi connectivity index (χ1) is 12.4. The van der Waals surface area contributed by atoms with Crippen molar-refractivity contribution in [1.82, 2.24) is 0 Å². The normalized spacial score (nSPS) is 10.3. The Morgan fingerprint density at radius 2 is 1.81 bits per heavy atom. The van der Waals surface area contributed by atoms with Crippen LogP contribution in [0.1, 0.15) is 20.8 Å². The molecule has 6 nitrogen and oxygen atoms in total. The Balaban J connectivity index is 2.15. The first kappa shape index (κ1) is 19.3. The second kappa shape index (κ2) is 8.89. The Morgan fingerprint density at radius 1 is 1.12 bits per heavy atom. The Kier molecular flexibility index (Phi) is 6.60. The molecule has 26 heavy (non-hydrogen) atoms. The number of anilines is 3. The highest BCUT2D eigenvalue weighted by atomic mass is 16.5. The highest BCUT2D eigenvalue weighted by Crippen LogP contribution is 2.28. The van der Waals surface area contributed by atoms with Crippen molar-refractivity contribution in [3.8, 4) is 5.75 Å². The van der Waals surface area contributed by atoms with Gasteiger partial charge in [-0.1, -0.05) is 18.2 Å². The van der Waals surface area contributed by atoms with E-state index in [1.807, 2.05) is 44.2 Å². The minimum atomic E-state index is -0.160. The number of ether oxygens (including phenoxy) is 1. The van der Waals surface area contributed by atoms with Gasteiger partial charge in [0.1, 0.15) is 5.75 Å². The van der Waals surface area contributed by atoms with Crippen molar-refractivity contribution in [2.75, 3.05) is 29.2 Å². The molecule has 0 aliphatic rings. The first-order valence-electron chi connectivity index (χ1n) is 8.49. The lowest BCUT2D eigenvalue weighted by Gasteiger charge is -2.27. The fourth-order valence-corrected chi connectivity index (χ4v) is 2.70. The molecule has 6 heteroatoms. The van der Waals surface area contributed by atoms with Crippen molar-refractivity contribution in [3.63, 3.8) is 0 Å². The predicted octanol–water partition coefficient (Wildman–Crippen LogP) is 3.51. The molecule has 0 aromatic heterocycles. The first-order valence-corrected chi connectivity index (χ1v) is 8.49. The topological polar surface area (TPSA) is 70.7 Å². The third-order valence-corrected chi connectivity index (χ3v) is 3.77. The third kappa shape index (κ3) is 4.99. The molecule has 0 heterocycles. The number of methoxy groups -OCH3 is 1. The van der Waals surface area contributed by atoms with E-state index in [4.69, 9.17) is 4.74 Å². The lowest BCUT2D eigenvalue weighted by molar-refractivity contribution is -0.117. The van der Waals surface area contributed by atoms with E-state index < -0.39 is 0 Å². The third-order valence-electron chi connectivity index (χ3n) is 3.77. The lowest BCUT2D eigenvalue weighted by Crippen LogP contribution is -2.40. The van der Waals surface area contributed by atoms with Gasteiger partial charge >= 0.3 is 0 Å². The van der Waals surface area contributed by atoms with Crippen molar-refractivity contribution in [3.05, 3.63) is 48.5 Å². The molecule has 138 valence electrons. The molecule has 0 bridgehead atoms. The second-order valence-electron chi connectivity index (χ2n) is 6.14. The quantitative estimate of drug-likeness (QED) is 0.797. The maximum absolute atomic E-state index is 12.8. The predicted molar refractivity (Wildman–Crippen MR) is 105 cm³/mol. The molecule has 2 rings (SSSR count). The highest BCUT2D eigenvalue weighted by molar-refractivity contribution is 5.97. The minimum Gasteiger partial charge on any atom is -0.495 e. The number of hydrogen-bond donors (Lipinski definition) is 2. The summed E-state index contributed by atoms with van der Waals surface area (Å²) < 4.78 is 5.33. The van der Waals surface area contributed by atoms with E-state index in [-0.39, 0.29) is 24.4 Å². The summed E-state index contributed by atoms with van der Waals surface area (Å²) in [6, 6.07) is 14.8. The van der Waals surface area contributed by atoms with Crippen LogP contribution in [0.5, 0.6) is 5.75 Å². The minimum absolute atomic E-state index is 0.0271. The van der Waals surface area contributed by atoms with Crippen LogP contribution in [0.2, 0.25) is 0 Å². The number of hydrogen-bond acceptors (Lipinski definition) is 4. The van der Waals surface area contributed by atoms with E-state index >= 15 is 0 Å². The molecule has 0 aliphatic carbocycles. The summed E-state index contributed by atoms with van der Waals surface area (Å²) in [4.78, 5) is 25.8. The highest BCUT2D eigenvalue weighted by Gasteiger charge is 2.19. The van der Waals surface area contributed by atoms with Crippen LogP contribution < -0.4 is 20.3 Å². The summed E-state index contributed by atoms with van der Waals surface area (Å²) >= 11 is 0. The molecule has 2 amide bonds. The maximum Gasteiger partial charge on any atom is 0.246 e. The smallest absolute Gasteiger partial charge is 0.246 e. The second-order valence-corrected chi connectivity index (χ2v) is 6.14. The van der Waals surface area contributed by atoms with Gasteiger partial charge in [0.25, 0.3) is 0 Å². The van der Waals surface area contributed by atoms with Crippen LogP contribution >= 0.6 is 0 Å². The maximum atomic E-state index is 12.8. The Morgan fingerprint density at radius 3 is 2.38 bits per heavy atom. The average molecular weight is 355 g/mol. The fourth-order valence-electron chi connectivity index (χ4n) is 2.70. The van der Waals surface area contributed by atoms with E-state index in [1.54, 1.807) is 30.2 Å². The number of carbonyl (C=O) groups is 2. The average Bonchev–Trinajstić information content (AvgIpc) is 2.60. The number of carbonyl (C=O) groups excluding carboxylic acids is 2. The van der Waals surface area contributed by atoms with Gasteiger partial charge in [0, 0.05) is 24.3 Å².